The molecule has 5 rings (SSSR count). The van der Waals surface area contributed by atoms with Crippen LogP contribution in [0.2, 0.25) is 0 Å². The van der Waals surface area contributed by atoms with Crippen molar-refractivity contribution in [1.29, 1.82) is 0 Å². The van der Waals surface area contributed by atoms with E-state index in [9.17, 15) is 4.39 Å². The van der Waals surface area contributed by atoms with Crippen molar-refractivity contribution in [2.75, 3.05) is 26.2 Å². The number of pyridine rings is 1. The van der Waals surface area contributed by atoms with Gasteiger partial charge in [-0.3, -0.25) is 9.88 Å². The number of nitrogens with one attached hydrogen (secondary N) is 2. The van der Waals surface area contributed by atoms with Crippen LogP contribution in [0.1, 0.15) is 42.9 Å². The van der Waals surface area contributed by atoms with Crippen molar-refractivity contribution in [3.05, 3.63) is 35.2 Å². The van der Waals surface area contributed by atoms with Gasteiger partial charge in [0.1, 0.15) is 0 Å². The average Bonchev–Trinajstić information content (AvgIpc) is 3.12. The van der Waals surface area contributed by atoms with E-state index in [1.165, 1.54) is 29.5 Å². The van der Waals surface area contributed by atoms with Crippen LogP contribution in [0.3, 0.4) is 0 Å². The summed E-state index contributed by atoms with van der Waals surface area (Å²) < 4.78 is 14.3. The first-order valence-corrected chi connectivity index (χ1v) is 9.26. The van der Waals surface area contributed by atoms with Crippen LogP contribution in [-0.4, -0.2) is 47.9 Å². The van der Waals surface area contributed by atoms with Gasteiger partial charge in [-0.15, -0.1) is 0 Å². The van der Waals surface area contributed by atoms with Crippen LogP contribution in [-0.2, 0) is 0 Å². The van der Waals surface area contributed by atoms with Gasteiger partial charge in [0.15, 0.2) is 5.79 Å². The highest BCUT2D eigenvalue weighted by molar-refractivity contribution is 5.61. The van der Waals surface area contributed by atoms with Crippen LogP contribution < -0.4 is 10.6 Å². The molecule has 4 heterocycles. The largest absolute Gasteiger partial charge is 0.317 e. The second kappa shape index (κ2) is 5.61. The minimum absolute atomic E-state index is 0.319. The second-order valence-electron chi connectivity index (χ2n) is 7.87. The molecular weight excluding hydrogens is 303 g/mol. The summed E-state index contributed by atoms with van der Waals surface area (Å²) >= 11 is 0. The lowest BCUT2D eigenvalue weighted by molar-refractivity contribution is 0.247. The summed E-state index contributed by atoms with van der Waals surface area (Å²) in [6, 6.07) is 2.99. The highest BCUT2D eigenvalue weighted by Gasteiger charge is 2.60. The maximum atomic E-state index is 14.3. The Morgan fingerprint density at radius 2 is 2.21 bits per heavy atom. The monoisotopic (exact) mass is 328 g/mol. The molecule has 0 bridgehead atoms. The van der Waals surface area contributed by atoms with E-state index >= 15 is 0 Å². The summed E-state index contributed by atoms with van der Waals surface area (Å²) in [5, 5.41) is 7.30. The van der Waals surface area contributed by atoms with Crippen molar-refractivity contribution < 1.29 is 4.39 Å². The third-order valence-corrected chi connectivity index (χ3v) is 6.24. The minimum Gasteiger partial charge on any atom is -0.317 e. The molecule has 0 radical (unpaired) electrons. The Labute approximate surface area is 142 Å². The molecule has 1 aromatic heterocycles. The lowest BCUT2D eigenvalue weighted by Crippen LogP contribution is -2.42. The molecule has 4 unspecified atom stereocenters. The van der Waals surface area contributed by atoms with Crippen LogP contribution in [0.15, 0.2) is 24.0 Å². The van der Waals surface area contributed by atoms with Crippen LogP contribution in [0.4, 0.5) is 4.39 Å². The van der Waals surface area contributed by atoms with E-state index in [2.05, 4.69) is 27.8 Å². The van der Waals surface area contributed by atoms with Gasteiger partial charge in [0.05, 0.1) is 0 Å². The fraction of sp³-hybridized carbons (Fsp3) is 0.632. The van der Waals surface area contributed by atoms with Crippen LogP contribution in [0, 0.1) is 5.92 Å². The fourth-order valence-corrected chi connectivity index (χ4v) is 4.79. The highest BCUT2D eigenvalue weighted by atomic mass is 19.2. The van der Waals surface area contributed by atoms with Crippen molar-refractivity contribution >= 4 is 6.08 Å². The van der Waals surface area contributed by atoms with Gasteiger partial charge >= 0.3 is 0 Å². The molecule has 0 spiro atoms. The summed E-state index contributed by atoms with van der Waals surface area (Å²) in [5.74, 6) is -0.607. The number of rotatable bonds is 3. The summed E-state index contributed by atoms with van der Waals surface area (Å²) in [6.45, 7) is 3.72. The Kier molecular flexibility index (Phi) is 3.51. The first kappa shape index (κ1) is 15.0. The summed E-state index contributed by atoms with van der Waals surface area (Å²) in [5.41, 5.74) is 3.99. The first-order chi connectivity index (χ1) is 11.7. The third-order valence-electron chi connectivity index (χ3n) is 6.24. The van der Waals surface area contributed by atoms with E-state index in [1.807, 2.05) is 17.3 Å². The van der Waals surface area contributed by atoms with E-state index in [0.29, 0.717) is 31.0 Å². The molecule has 5 heteroatoms. The molecular formula is C19H25FN4. The van der Waals surface area contributed by atoms with E-state index in [1.54, 1.807) is 0 Å². The van der Waals surface area contributed by atoms with Gasteiger partial charge in [-0.1, -0.05) is 11.6 Å². The molecule has 0 saturated carbocycles. The Balaban J connectivity index is 1.38. The van der Waals surface area contributed by atoms with Crippen molar-refractivity contribution in [1.82, 2.24) is 20.5 Å². The number of aromatic nitrogens is 1. The number of halogens is 1. The smallest absolute Gasteiger partial charge is 0.177 e. The Hall–Kier alpha value is -1.30. The molecule has 4 atom stereocenters. The van der Waals surface area contributed by atoms with E-state index in [0.717, 1.165) is 26.1 Å². The summed E-state index contributed by atoms with van der Waals surface area (Å²) in [4.78, 5) is 6.33. The molecule has 3 fully saturated rings. The zero-order chi connectivity index (χ0) is 16.1. The fourth-order valence-electron chi connectivity index (χ4n) is 4.79. The molecule has 1 aromatic rings. The number of alkyl halides is 1. The van der Waals surface area contributed by atoms with Crippen LogP contribution in [0.25, 0.3) is 6.08 Å². The average molecular weight is 328 g/mol. The first-order valence-electron chi connectivity index (χ1n) is 9.26. The zero-order valence-corrected chi connectivity index (χ0v) is 14.0. The van der Waals surface area contributed by atoms with E-state index in [4.69, 9.17) is 0 Å². The Morgan fingerprint density at radius 3 is 3.00 bits per heavy atom. The molecule has 4 aliphatic rings. The highest BCUT2D eigenvalue weighted by Crippen LogP contribution is 2.51. The predicted molar refractivity (Wildman–Crippen MR) is 92.1 cm³/mol. The normalized spacial score (nSPS) is 38.4. The Bertz CT molecular complexity index is 669. The van der Waals surface area contributed by atoms with Gasteiger partial charge < -0.3 is 10.6 Å². The topological polar surface area (TPSA) is 40.0 Å². The summed E-state index contributed by atoms with van der Waals surface area (Å²) in [7, 11) is 0. The molecule has 2 N–H and O–H groups in total. The van der Waals surface area contributed by atoms with Gasteiger partial charge in [0.2, 0.25) is 0 Å². The van der Waals surface area contributed by atoms with Gasteiger partial charge in [-0.05, 0) is 55.5 Å². The number of hydrogen-bond acceptors (Lipinski definition) is 4. The third kappa shape index (κ3) is 2.59. The molecule has 128 valence electrons. The number of hydrogen-bond donors (Lipinski definition) is 2. The molecule has 3 aliphatic heterocycles. The lowest BCUT2D eigenvalue weighted by atomic mass is 9.81. The van der Waals surface area contributed by atoms with Crippen LogP contribution >= 0.6 is 0 Å². The van der Waals surface area contributed by atoms with Crippen molar-refractivity contribution in [2.24, 2.45) is 5.92 Å². The zero-order valence-electron chi connectivity index (χ0n) is 14.0. The van der Waals surface area contributed by atoms with Gasteiger partial charge in [0, 0.05) is 44.0 Å². The maximum absolute atomic E-state index is 14.3. The van der Waals surface area contributed by atoms with Gasteiger partial charge in [-0.25, -0.2) is 4.39 Å². The number of piperidine rings is 2. The summed E-state index contributed by atoms with van der Waals surface area (Å²) in [6.07, 6.45) is 10.2. The van der Waals surface area contributed by atoms with E-state index < -0.39 is 5.79 Å². The van der Waals surface area contributed by atoms with Crippen molar-refractivity contribution in [2.45, 2.75) is 43.6 Å². The van der Waals surface area contributed by atoms with Gasteiger partial charge in [-0.2, -0.15) is 0 Å². The molecule has 4 nitrogen and oxygen atoms in total. The SMILES string of the molecule is FC12CC(C3=Cc4ccncc4C(NC4CCNCC4)C3)CN1C2. The lowest BCUT2D eigenvalue weighted by Gasteiger charge is -2.34. The van der Waals surface area contributed by atoms with Gasteiger partial charge in [0.25, 0.3) is 0 Å². The van der Waals surface area contributed by atoms with Crippen molar-refractivity contribution in [3.63, 3.8) is 0 Å². The molecule has 24 heavy (non-hydrogen) atoms. The van der Waals surface area contributed by atoms with E-state index in [-0.39, 0.29) is 0 Å². The molecule has 3 saturated heterocycles. The molecule has 0 amide bonds. The minimum atomic E-state index is -0.984. The maximum Gasteiger partial charge on any atom is 0.177 e. The number of nitrogens with zero attached hydrogens (tertiary/aromatic N) is 2. The molecule has 0 aromatic carbocycles. The van der Waals surface area contributed by atoms with Crippen LogP contribution in [0.5, 0.6) is 0 Å². The second-order valence-corrected chi connectivity index (χ2v) is 7.87. The predicted octanol–water partition coefficient (Wildman–Crippen LogP) is 2.25. The van der Waals surface area contributed by atoms with Crippen molar-refractivity contribution in [3.8, 4) is 0 Å². The standard InChI is InChI=1S/C19H25FN4/c20-19-9-15(11-24(19)12-19)14-7-13-1-4-22-10-17(13)18(8-14)23-16-2-5-21-6-3-16/h1,4,7,10,15-16,18,21,23H,2-3,5-6,8-9,11-12H2. The quantitative estimate of drug-likeness (QED) is 0.659. The molecule has 1 aliphatic carbocycles. The number of fused-ring (bicyclic) bond motifs is 2. The Morgan fingerprint density at radius 1 is 1.33 bits per heavy atom.